The van der Waals surface area contributed by atoms with Gasteiger partial charge in [-0.1, -0.05) is 6.92 Å². The summed E-state index contributed by atoms with van der Waals surface area (Å²) >= 11 is 0. The highest BCUT2D eigenvalue weighted by atomic mass is 16.6. The molecular weight excluding hydrogens is 184 g/mol. The smallest absolute Gasteiger partial charge is 0.225 e. The van der Waals surface area contributed by atoms with Crippen LogP contribution >= 0.6 is 0 Å². The summed E-state index contributed by atoms with van der Waals surface area (Å²) in [5.41, 5.74) is -0.0660. The van der Waals surface area contributed by atoms with E-state index >= 15 is 0 Å². The molecule has 1 fully saturated rings. The molecule has 0 bridgehead atoms. The van der Waals surface area contributed by atoms with Gasteiger partial charge >= 0.3 is 0 Å². The third-order valence-electron chi connectivity index (χ3n) is 2.76. The number of hydrogen-bond donors (Lipinski definition) is 0. The van der Waals surface area contributed by atoms with Crippen LogP contribution in [0.2, 0.25) is 0 Å². The molecule has 1 saturated heterocycles. The van der Waals surface area contributed by atoms with Crippen LogP contribution in [-0.4, -0.2) is 41.3 Å². The molecule has 1 heterocycles. The third-order valence-corrected chi connectivity index (χ3v) is 2.76. The lowest BCUT2D eigenvalue weighted by molar-refractivity contribution is -0.523. The molecule has 5 heteroatoms. The lowest BCUT2D eigenvalue weighted by atomic mass is 10.1. The minimum absolute atomic E-state index is 0.0660. The quantitative estimate of drug-likeness (QED) is 0.506. The van der Waals surface area contributed by atoms with E-state index in [2.05, 4.69) is 0 Å². The van der Waals surface area contributed by atoms with E-state index in [-0.39, 0.29) is 10.5 Å². The summed E-state index contributed by atoms with van der Waals surface area (Å²) < 4.78 is 5.30. The van der Waals surface area contributed by atoms with Crippen molar-refractivity contribution in [2.45, 2.75) is 38.8 Å². The van der Waals surface area contributed by atoms with E-state index in [4.69, 9.17) is 4.74 Å². The van der Waals surface area contributed by atoms with Crippen molar-refractivity contribution in [2.75, 3.05) is 19.9 Å². The van der Waals surface area contributed by atoms with Crippen molar-refractivity contribution in [3.63, 3.8) is 0 Å². The van der Waals surface area contributed by atoms with Crippen LogP contribution in [0, 0.1) is 10.1 Å². The summed E-state index contributed by atoms with van der Waals surface area (Å²) in [6.45, 7) is 7.59. The Morgan fingerprint density at radius 1 is 1.64 bits per heavy atom. The topological polar surface area (TPSA) is 55.6 Å². The molecule has 1 aliphatic heterocycles. The number of nitro groups is 1. The van der Waals surface area contributed by atoms with E-state index < -0.39 is 6.04 Å². The first-order valence-electron chi connectivity index (χ1n) is 4.93. The van der Waals surface area contributed by atoms with Gasteiger partial charge in [0.25, 0.3) is 0 Å². The van der Waals surface area contributed by atoms with Crippen LogP contribution in [0.5, 0.6) is 0 Å². The van der Waals surface area contributed by atoms with Crippen molar-refractivity contribution in [3.05, 3.63) is 10.1 Å². The van der Waals surface area contributed by atoms with Crippen molar-refractivity contribution in [1.82, 2.24) is 4.90 Å². The van der Waals surface area contributed by atoms with E-state index in [0.29, 0.717) is 26.3 Å². The van der Waals surface area contributed by atoms with Gasteiger partial charge in [0.1, 0.15) is 0 Å². The van der Waals surface area contributed by atoms with Crippen LogP contribution in [0.15, 0.2) is 0 Å². The Bertz CT molecular complexity index is 218. The van der Waals surface area contributed by atoms with Crippen LogP contribution in [0.4, 0.5) is 0 Å². The molecule has 0 aromatic rings. The van der Waals surface area contributed by atoms with Gasteiger partial charge in [-0.2, -0.15) is 0 Å². The van der Waals surface area contributed by atoms with E-state index in [0.717, 1.165) is 0 Å². The third kappa shape index (κ3) is 2.42. The molecule has 0 aromatic heterocycles. The van der Waals surface area contributed by atoms with Crippen molar-refractivity contribution < 1.29 is 9.66 Å². The lowest BCUT2D eigenvalue weighted by Gasteiger charge is -2.29. The highest BCUT2D eigenvalue weighted by Gasteiger charge is 2.36. The highest BCUT2D eigenvalue weighted by molar-refractivity contribution is 4.85. The fourth-order valence-corrected chi connectivity index (χ4v) is 1.57. The Labute approximate surface area is 84.2 Å². The van der Waals surface area contributed by atoms with E-state index in [1.807, 2.05) is 25.7 Å². The molecular formula is C9H18N2O3. The predicted molar refractivity (Wildman–Crippen MR) is 52.7 cm³/mol. The van der Waals surface area contributed by atoms with Crippen molar-refractivity contribution in [1.29, 1.82) is 0 Å². The molecule has 1 rings (SSSR count). The monoisotopic (exact) mass is 202 g/mol. The molecule has 1 unspecified atom stereocenters. The van der Waals surface area contributed by atoms with E-state index in [9.17, 15) is 10.1 Å². The first-order chi connectivity index (χ1) is 6.47. The second kappa shape index (κ2) is 4.23. The zero-order valence-corrected chi connectivity index (χ0v) is 9.02. The standard InChI is InChI=1S/C9H18N2O3/c1-4-8(11(12)13)5-10-7-14-6-9(10,2)3/h8H,4-7H2,1-3H3. The Morgan fingerprint density at radius 3 is 2.64 bits per heavy atom. The van der Waals surface area contributed by atoms with Crippen LogP contribution < -0.4 is 0 Å². The Hall–Kier alpha value is -0.680. The first-order valence-corrected chi connectivity index (χ1v) is 4.93. The first kappa shape index (κ1) is 11.4. The number of hydrogen-bond acceptors (Lipinski definition) is 4. The number of ether oxygens (including phenoxy) is 1. The summed E-state index contributed by atoms with van der Waals surface area (Å²) in [7, 11) is 0. The van der Waals surface area contributed by atoms with Gasteiger partial charge in [-0.05, 0) is 13.8 Å². The summed E-state index contributed by atoms with van der Waals surface area (Å²) in [6.07, 6.45) is 0.569. The summed E-state index contributed by atoms with van der Waals surface area (Å²) in [5.74, 6) is 0. The van der Waals surface area contributed by atoms with Gasteiger partial charge in [0.2, 0.25) is 6.04 Å². The normalized spacial score (nSPS) is 23.6. The van der Waals surface area contributed by atoms with Gasteiger partial charge in [-0.3, -0.25) is 15.0 Å². The van der Waals surface area contributed by atoms with Gasteiger partial charge in [0, 0.05) is 16.9 Å². The van der Waals surface area contributed by atoms with E-state index in [1.165, 1.54) is 0 Å². The molecule has 0 amide bonds. The zero-order chi connectivity index (χ0) is 10.8. The SMILES string of the molecule is CCC(CN1COCC1(C)C)[N+](=O)[O-]. The lowest BCUT2D eigenvalue weighted by Crippen LogP contribution is -2.45. The number of rotatable bonds is 4. The van der Waals surface area contributed by atoms with Crippen LogP contribution in [0.1, 0.15) is 27.2 Å². The summed E-state index contributed by atoms with van der Waals surface area (Å²) in [6, 6.07) is -0.476. The van der Waals surface area contributed by atoms with Crippen LogP contribution in [0.3, 0.4) is 0 Å². The highest BCUT2D eigenvalue weighted by Crippen LogP contribution is 2.22. The average molecular weight is 202 g/mol. The Balaban J connectivity index is 2.54. The van der Waals surface area contributed by atoms with E-state index in [1.54, 1.807) is 0 Å². The maximum Gasteiger partial charge on any atom is 0.225 e. The van der Waals surface area contributed by atoms with Crippen molar-refractivity contribution in [2.24, 2.45) is 0 Å². The molecule has 5 nitrogen and oxygen atoms in total. The molecule has 0 aromatic carbocycles. The second-order valence-corrected chi connectivity index (χ2v) is 4.36. The van der Waals surface area contributed by atoms with Crippen molar-refractivity contribution >= 4 is 0 Å². The van der Waals surface area contributed by atoms with Gasteiger partial charge in [-0.15, -0.1) is 0 Å². The summed E-state index contributed by atoms with van der Waals surface area (Å²) in [5, 5.41) is 10.7. The van der Waals surface area contributed by atoms with Crippen molar-refractivity contribution in [3.8, 4) is 0 Å². The fourth-order valence-electron chi connectivity index (χ4n) is 1.57. The van der Waals surface area contributed by atoms with Crippen LogP contribution in [0.25, 0.3) is 0 Å². The zero-order valence-electron chi connectivity index (χ0n) is 9.02. The minimum Gasteiger partial charge on any atom is -0.364 e. The number of nitrogens with zero attached hydrogens (tertiary/aromatic N) is 2. The van der Waals surface area contributed by atoms with Gasteiger partial charge < -0.3 is 4.74 Å². The molecule has 14 heavy (non-hydrogen) atoms. The molecule has 0 aliphatic carbocycles. The second-order valence-electron chi connectivity index (χ2n) is 4.36. The Morgan fingerprint density at radius 2 is 2.29 bits per heavy atom. The molecule has 0 saturated carbocycles. The maximum absolute atomic E-state index is 10.7. The molecule has 82 valence electrons. The maximum atomic E-state index is 10.7. The van der Waals surface area contributed by atoms with Crippen LogP contribution in [-0.2, 0) is 4.74 Å². The minimum atomic E-state index is -0.476. The molecule has 1 atom stereocenters. The van der Waals surface area contributed by atoms with Gasteiger partial charge in [-0.25, -0.2) is 0 Å². The van der Waals surface area contributed by atoms with Gasteiger partial charge in [0.15, 0.2) is 0 Å². The molecule has 0 spiro atoms. The largest absolute Gasteiger partial charge is 0.364 e. The predicted octanol–water partition coefficient (Wildman–Crippen LogP) is 1.11. The summed E-state index contributed by atoms with van der Waals surface area (Å²) in [4.78, 5) is 12.5. The Kier molecular flexibility index (Phi) is 3.44. The molecule has 0 N–H and O–H groups in total. The molecule has 1 aliphatic rings. The molecule has 0 radical (unpaired) electrons. The average Bonchev–Trinajstić information content (AvgIpc) is 2.40. The fraction of sp³-hybridized carbons (Fsp3) is 1.00. The van der Waals surface area contributed by atoms with Gasteiger partial charge in [0.05, 0.1) is 19.9 Å².